The molecule has 1 nitrogen and oxygen atoms in total. The molecule has 0 aliphatic heterocycles. The summed E-state index contributed by atoms with van der Waals surface area (Å²) in [6, 6.07) is 6.59. The first kappa shape index (κ1) is 12.6. The Labute approximate surface area is 96.0 Å². The molecule has 86 valence electrons. The minimum atomic E-state index is -0.258. The molecule has 0 saturated carbocycles. The van der Waals surface area contributed by atoms with Crippen LogP contribution in [0.1, 0.15) is 38.7 Å². The largest absolute Gasteiger partial charge is 0.295 e. The van der Waals surface area contributed by atoms with E-state index in [2.05, 4.69) is 0 Å². The zero-order chi connectivity index (χ0) is 12.0. The number of halogens is 1. The summed E-state index contributed by atoms with van der Waals surface area (Å²) in [6.45, 7) is 3.83. The third kappa shape index (κ3) is 3.30. The van der Waals surface area contributed by atoms with Crippen LogP contribution in [-0.2, 0) is 4.79 Å². The number of ketones is 1. The molecule has 0 N–H and O–H groups in total. The van der Waals surface area contributed by atoms with E-state index in [-0.39, 0.29) is 11.6 Å². The van der Waals surface area contributed by atoms with Gasteiger partial charge in [-0.05, 0) is 24.1 Å². The average molecular weight is 220 g/mol. The second-order valence-electron chi connectivity index (χ2n) is 3.72. The Morgan fingerprint density at radius 1 is 1.31 bits per heavy atom. The molecule has 0 aromatic heterocycles. The Bertz CT molecular complexity index is 393. The molecule has 1 aromatic rings. The van der Waals surface area contributed by atoms with Gasteiger partial charge in [-0.2, -0.15) is 0 Å². The van der Waals surface area contributed by atoms with Gasteiger partial charge in [0.2, 0.25) is 0 Å². The number of allylic oxidation sites excluding steroid dienone is 2. The molecule has 1 aromatic carbocycles. The number of hydrogen-bond donors (Lipinski definition) is 0. The van der Waals surface area contributed by atoms with Gasteiger partial charge in [0, 0.05) is 12.0 Å². The van der Waals surface area contributed by atoms with Gasteiger partial charge in [0.25, 0.3) is 0 Å². The lowest BCUT2D eigenvalue weighted by Gasteiger charge is -2.07. The molecule has 0 heterocycles. The molecule has 2 heteroatoms. The maximum atomic E-state index is 13.6. The van der Waals surface area contributed by atoms with Gasteiger partial charge in [0.1, 0.15) is 5.82 Å². The zero-order valence-corrected chi connectivity index (χ0v) is 9.79. The van der Waals surface area contributed by atoms with E-state index >= 15 is 0 Å². The molecule has 0 atom stereocenters. The van der Waals surface area contributed by atoms with Crippen molar-refractivity contribution < 1.29 is 9.18 Å². The van der Waals surface area contributed by atoms with Gasteiger partial charge < -0.3 is 0 Å². The van der Waals surface area contributed by atoms with Crippen LogP contribution < -0.4 is 0 Å². The van der Waals surface area contributed by atoms with Crippen LogP contribution in [-0.4, -0.2) is 5.78 Å². The molecule has 1 rings (SSSR count). The van der Waals surface area contributed by atoms with Crippen LogP contribution in [0.3, 0.4) is 0 Å². The van der Waals surface area contributed by atoms with Crippen molar-refractivity contribution in [3.8, 4) is 0 Å². The zero-order valence-electron chi connectivity index (χ0n) is 9.79. The van der Waals surface area contributed by atoms with E-state index < -0.39 is 0 Å². The van der Waals surface area contributed by atoms with Gasteiger partial charge in [-0.1, -0.05) is 38.5 Å². The van der Waals surface area contributed by atoms with Crippen molar-refractivity contribution >= 4 is 11.4 Å². The Balaban J connectivity index is 3.07. The third-order valence-corrected chi connectivity index (χ3v) is 2.42. The fourth-order valence-electron chi connectivity index (χ4n) is 1.57. The Kier molecular flexibility index (Phi) is 4.90. The Morgan fingerprint density at radius 3 is 2.56 bits per heavy atom. The Hall–Kier alpha value is -1.44. The highest BCUT2D eigenvalue weighted by molar-refractivity contribution is 5.96. The lowest BCUT2D eigenvalue weighted by Crippen LogP contribution is -1.95. The van der Waals surface area contributed by atoms with E-state index in [0.717, 1.165) is 18.4 Å². The van der Waals surface area contributed by atoms with Gasteiger partial charge in [-0.15, -0.1) is 0 Å². The molecule has 0 unspecified atom stereocenters. The number of carbonyl (C=O) groups excluding carboxylic acids is 1. The lowest BCUT2D eigenvalue weighted by atomic mass is 9.99. The molecule has 0 amide bonds. The van der Waals surface area contributed by atoms with Gasteiger partial charge in [0.05, 0.1) is 0 Å². The van der Waals surface area contributed by atoms with Crippen LogP contribution in [0.4, 0.5) is 4.39 Å². The van der Waals surface area contributed by atoms with Gasteiger partial charge in [0.15, 0.2) is 5.78 Å². The average Bonchev–Trinajstić information content (AvgIpc) is 2.29. The molecular formula is C14H17FO. The van der Waals surface area contributed by atoms with Gasteiger partial charge in [-0.3, -0.25) is 4.79 Å². The number of carbonyl (C=O) groups is 1. The van der Waals surface area contributed by atoms with Crippen molar-refractivity contribution in [1.29, 1.82) is 0 Å². The first-order chi connectivity index (χ1) is 7.69. The molecular weight excluding hydrogens is 203 g/mol. The number of hydrogen-bond acceptors (Lipinski definition) is 1. The second-order valence-corrected chi connectivity index (χ2v) is 3.72. The summed E-state index contributed by atoms with van der Waals surface area (Å²) in [5.74, 6) is -0.210. The highest BCUT2D eigenvalue weighted by Crippen LogP contribution is 2.22. The van der Waals surface area contributed by atoms with Crippen molar-refractivity contribution in [2.75, 3.05) is 0 Å². The quantitative estimate of drug-likeness (QED) is 0.686. The normalized spacial score (nSPS) is 11.6. The van der Waals surface area contributed by atoms with E-state index in [1.807, 2.05) is 13.8 Å². The summed E-state index contributed by atoms with van der Waals surface area (Å²) >= 11 is 0. The monoisotopic (exact) mass is 220 g/mol. The highest BCUT2D eigenvalue weighted by Gasteiger charge is 2.07. The summed E-state index contributed by atoms with van der Waals surface area (Å²) in [6.07, 6.45) is 3.66. The second kappa shape index (κ2) is 6.21. The van der Waals surface area contributed by atoms with Crippen molar-refractivity contribution in [3.63, 3.8) is 0 Å². The fourth-order valence-corrected chi connectivity index (χ4v) is 1.57. The molecule has 0 aliphatic carbocycles. The van der Waals surface area contributed by atoms with E-state index in [1.54, 1.807) is 24.3 Å². The fraction of sp³-hybridized carbons (Fsp3) is 0.357. The standard InChI is InChI=1S/C14H17FO/c1-3-7-11(10-12(16)4-2)13-8-5-6-9-14(13)15/h5-6,8-10H,3-4,7H2,1-2H3/b11-10+. The third-order valence-electron chi connectivity index (χ3n) is 2.42. The number of rotatable bonds is 5. The van der Waals surface area contributed by atoms with Gasteiger partial charge in [-0.25, -0.2) is 4.39 Å². The van der Waals surface area contributed by atoms with Crippen LogP contribution in [0.25, 0.3) is 5.57 Å². The maximum absolute atomic E-state index is 13.6. The van der Waals surface area contributed by atoms with Crippen LogP contribution in [0, 0.1) is 5.82 Å². The number of benzene rings is 1. The topological polar surface area (TPSA) is 17.1 Å². The van der Waals surface area contributed by atoms with Crippen molar-refractivity contribution in [3.05, 3.63) is 41.7 Å². The summed E-state index contributed by atoms with van der Waals surface area (Å²) < 4.78 is 13.6. The van der Waals surface area contributed by atoms with Crippen molar-refractivity contribution in [1.82, 2.24) is 0 Å². The SMILES string of the molecule is CCC/C(=C\C(=O)CC)c1ccccc1F. The summed E-state index contributed by atoms with van der Waals surface area (Å²) in [5.41, 5.74) is 1.35. The van der Waals surface area contributed by atoms with E-state index in [4.69, 9.17) is 0 Å². The summed E-state index contributed by atoms with van der Waals surface area (Å²) in [5, 5.41) is 0. The lowest BCUT2D eigenvalue weighted by molar-refractivity contribution is -0.114. The molecule has 0 spiro atoms. The minimum absolute atomic E-state index is 0.0479. The first-order valence-electron chi connectivity index (χ1n) is 5.67. The van der Waals surface area contributed by atoms with Gasteiger partial charge >= 0.3 is 0 Å². The van der Waals surface area contributed by atoms with E-state index in [9.17, 15) is 9.18 Å². The van der Waals surface area contributed by atoms with Crippen LogP contribution >= 0.6 is 0 Å². The Morgan fingerprint density at radius 2 is 2.00 bits per heavy atom. The molecule has 16 heavy (non-hydrogen) atoms. The van der Waals surface area contributed by atoms with Crippen LogP contribution in [0.5, 0.6) is 0 Å². The summed E-state index contributed by atoms with van der Waals surface area (Å²) in [4.78, 5) is 11.4. The van der Waals surface area contributed by atoms with Crippen molar-refractivity contribution in [2.24, 2.45) is 0 Å². The molecule has 0 bridgehead atoms. The predicted octanol–water partition coefficient (Wildman–Crippen LogP) is 3.99. The van der Waals surface area contributed by atoms with Crippen LogP contribution in [0.2, 0.25) is 0 Å². The minimum Gasteiger partial charge on any atom is -0.295 e. The van der Waals surface area contributed by atoms with Crippen LogP contribution in [0.15, 0.2) is 30.3 Å². The highest BCUT2D eigenvalue weighted by atomic mass is 19.1. The molecule has 0 radical (unpaired) electrons. The smallest absolute Gasteiger partial charge is 0.155 e. The predicted molar refractivity (Wildman–Crippen MR) is 64.6 cm³/mol. The van der Waals surface area contributed by atoms with Crippen molar-refractivity contribution in [2.45, 2.75) is 33.1 Å². The first-order valence-corrected chi connectivity index (χ1v) is 5.67. The maximum Gasteiger partial charge on any atom is 0.155 e. The molecule has 0 saturated heterocycles. The van der Waals surface area contributed by atoms with E-state index in [1.165, 1.54) is 6.07 Å². The summed E-state index contributed by atoms with van der Waals surface area (Å²) in [7, 11) is 0. The molecule has 0 fully saturated rings. The van der Waals surface area contributed by atoms with E-state index in [0.29, 0.717) is 12.0 Å². The molecule has 0 aliphatic rings.